The van der Waals surface area contributed by atoms with Crippen LogP contribution in [0.2, 0.25) is 0 Å². The second kappa shape index (κ2) is 7.89. The Morgan fingerprint density at radius 1 is 1.21 bits per heavy atom. The minimum atomic E-state index is -3.36. The predicted octanol–water partition coefficient (Wildman–Crippen LogP) is 1.83. The van der Waals surface area contributed by atoms with Crippen molar-refractivity contribution in [2.45, 2.75) is 31.3 Å². The maximum absolute atomic E-state index is 11.9. The number of thioether (sulfide) groups is 1. The first-order valence-electron chi connectivity index (χ1n) is 6.26. The highest BCUT2D eigenvalue weighted by atomic mass is 32.2. The van der Waals surface area contributed by atoms with Crippen molar-refractivity contribution in [2.24, 2.45) is 0 Å². The summed E-state index contributed by atoms with van der Waals surface area (Å²) in [5.41, 5.74) is 1.08. The monoisotopic (exact) mass is 302 g/mol. The molecule has 0 saturated carbocycles. The Balaban J connectivity index is 2.64. The van der Waals surface area contributed by atoms with E-state index in [0.29, 0.717) is 17.5 Å². The molecule has 0 aliphatic heterocycles. The molecule has 0 spiro atoms. The first-order valence-corrected chi connectivity index (χ1v) is 9.14. The Labute approximate surface area is 120 Å². The van der Waals surface area contributed by atoms with Crippen molar-refractivity contribution in [2.75, 3.05) is 18.6 Å². The third kappa shape index (κ3) is 5.95. The first-order chi connectivity index (χ1) is 8.95. The molecule has 0 amide bonds. The highest BCUT2D eigenvalue weighted by Gasteiger charge is 2.12. The highest BCUT2D eigenvalue weighted by molar-refractivity contribution is 7.98. The van der Waals surface area contributed by atoms with Crippen LogP contribution in [0.3, 0.4) is 0 Å². The molecule has 0 bridgehead atoms. The van der Waals surface area contributed by atoms with Gasteiger partial charge in [0.25, 0.3) is 0 Å². The van der Waals surface area contributed by atoms with Gasteiger partial charge in [0, 0.05) is 24.9 Å². The average molecular weight is 302 g/mol. The zero-order chi connectivity index (χ0) is 14.3. The molecular weight excluding hydrogens is 280 g/mol. The molecule has 1 aromatic rings. The van der Waals surface area contributed by atoms with Gasteiger partial charge in [-0.15, -0.1) is 0 Å². The maximum atomic E-state index is 11.9. The van der Waals surface area contributed by atoms with E-state index in [1.165, 1.54) is 0 Å². The van der Waals surface area contributed by atoms with Crippen LogP contribution >= 0.6 is 11.8 Å². The molecule has 0 aromatic heterocycles. The summed E-state index contributed by atoms with van der Waals surface area (Å²) in [7, 11) is -3.36. The summed E-state index contributed by atoms with van der Waals surface area (Å²) in [4.78, 5) is 0.321. The molecule has 2 N–H and O–H groups in total. The third-order valence-electron chi connectivity index (χ3n) is 2.55. The molecule has 0 heterocycles. The molecule has 0 aliphatic carbocycles. The van der Waals surface area contributed by atoms with Crippen molar-refractivity contribution >= 4 is 21.8 Å². The summed E-state index contributed by atoms with van der Waals surface area (Å²) in [6.45, 7) is 5.36. The maximum Gasteiger partial charge on any atom is 0.240 e. The molecule has 1 aromatic carbocycles. The van der Waals surface area contributed by atoms with Crippen LogP contribution in [0.1, 0.15) is 19.4 Å². The van der Waals surface area contributed by atoms with Gasteiger partial charge in [-0.25, -0.2) is 13.1 Å². The fourth-order valence-corrected chi connectivity index (χ4v) is 2.94. The number of rotatable bonds is 8. The van der Waals surface area contributed by atoms with Gasteiger partial charge >= 0.3 is 0 Å². The van der Waals surface area contributed by atoms with Crippen molar-refractivity contribution < 1.29 is 8.42 Å². The zero-order valence-electron chi connectivity index (χ0n) is 11.6. The molecule has 1 rings (SSSR count). The van der Waals surface area contributed by atoms with Gasteiger partial charge in [-0.3, -0.25) is 0 Å². The van der Waals surface area contributed by atoms with E-state index in [-0.39, 0.29) is 0 Å². The van der Waals surface area contributed by atoms with Gasteiger partial charge in [0.15, 0.2) is 0 Å². The van der Waals surface area contributed by atoms with Gasteiger partial charge in [-0.1, -0.05) is 26.0 Å². The summed E-state index contributed by atoms with van der Waals surface area (Å²) in [5.74, 6) is 0.773. The van der Waals surface area contributed by atoms with Crippen molar-refractivity contribution in [1.29, 1.82) is 0 Å². The lowest BCUT2D eigenvalue weighted by Gasteiger charge is -2.09. The normalized spacial score (nSPS) is 12.0. The van der Waals surface area contributed by atoms with Gasteiger partial charge in [0.05, 0.1) is 4.90 Å². The number of nitrogens with one attached hydrogen (secondary N) is 2. The molecule has 0 fully saturated rings. The van der Waals surface area contributed by atoms with Crippen LogP contribution in [0.25, 0.3) is 0 Å². The Morgan fingerprint density at radius 2 is 1.84 bits per heavy atom. The van der Waals surface area contributed by atoms with Crippen LogP contribution in [0.4, 0.5) is 0 Å². The lowest BCUT2D eigenvalue weighted by Crippen LogP contribution is -2.26. The van der Waals surface area contributed by atoms with Crippen LogP contribution < -0.4 is 10.0 Å². The Bertz CT molecular complexity index is 470. The van der Waals surface area contributed by atoms with Crippen molar-refractivity contribution in [3.63, 3.8) is 0 Å². The average Bonchev–Trinajstić information content (AvgIpc) is 2.37. The van der Waals surface area contributed by atoms with E-state index in [1.807, 2.05) is 18.4 Å². The van der Waals surface area contributed by atoms with Crippen molar-refractivity contribution in [3.8, 4) is 0 Å². The first kappa shape index (κ1) is 16.5. The van der Waals surface area contributed by atoms with Gasteiger partial charge in [0.1, 0.15) is 0 Å². The zero-order valence-corrected chi connectivity index (χ0v) is 13.3. The summed E-state index contributed by atoms with van der Waals surface area (Å²) in [6, 6.07) is 7.41. The Kier molecular flexibility index (Phi) is 6.85. The molecule has 0 radical (unpaired) electrons. The van der Waals surface area contributed by atoms with Crippen LogP contribution in [0.15, 0.2) is 29.2 Å². The number of sulfonamides is 1. The smallest absolute Gasteiger partial charge is 0.240 e. The molecule has 4 nitrogen and oxygen atoms in total. The van der Waals surface area contributed by atoms with Gasteiger partial charge < -0.3 is 5.32 Å². The molecule has 19 heavy (non-hydrogen) atoms. The Morgan fingerprint density at radius 3 is 2.37 bits per heavy atom. The van der Waals surface area contributed by atoms with E-state index < -0.39 is 10.0 Å². The molecule has 0 aliphatic rings. The van der Waals surface area contributed by atoms with Crippen molar-refractivity contribution in [3.05, 3.63) is 29.8 Å². The summed E-state index contributed by atoms with van der Waals surface area (Å²) in [6.07, 6.45) is 1.95. The van der Waals surface area contributed by atoms with Crippen LogP contribution in [-0.2, 0) is 16.6 Å². The highest BCUT2D eigenvalue weighted by Crippen LogP contribution is 2.10. The van der Waals surface area contributed by atoms with E-state index in [0.717, 1.165) is 17.9 Å². The summed E-state index contributed by atoms with van der Waals surface area (Å²) < 4.78 is 26.5. The lowest BCUT2D eigenvalue weighted by molar-refractivity contribution is 0.582. The second-order valence-electron chi connectivity index (χ2n) is 4.57. The quantitative estimate of drug-likeness (QED) is 0.719. The molecule has 6 heteroatoms. The molecule has 0 saturated heterocycles. The Hall–Kier alpha value is -0.560. The number of hydrogen-bond acceptors (Lipinski definition) is 4. The van der Waals surface area contributed by atoms with Gasteiger partial charge in [0.2, 0.25) is 10.0 Å². The van der Waals surface area contributed by atoms with Gasteiger partial charge in [-0.2, -0.15) is 11.8 Å². The number of benzene rings is 1. The predicted molar refractivity (Wildman–Crippen MR) is 82.0 cm³/mol. The minimum absolute atomic E-state index is 0.321. The fourth-order valence-electron chi connectivity index (χ4n) is 1.47. The third-order valence-corrected chi connectivity index (χ3v) is 4.64. The largest absolute Gasteiger partial charge is 0.310 e. The van der Waals surface area contributed by atoms with E-state index >= 15 is 0 Å². The molecule has 0 atom stereocenters. The standard InChI is InChI=1S/C13H22N2O2S2/c1-11(2)14-10-12-4-6-13(7-5-12)19(16,17)15-8-9-18-3/h4-7,11,14-15H,8-10H2,1-3H3. The molecule has 0 unspecified atom stereocenters. The van der Waals surface area contributed by atoms with Crippen LogP contribution in [0.5, 0.6) is 0 Å². The van der Waals surface area contributed by atoms with E-state index in [9.17, 15) is 8.42 Å². The topological polar surface area (TPSA) is 58.2 Å². The van der Waals surface area contributed by atoms with Gasteiger partial charge in [-0.05, 0) is 24.0 Å². The van der Waals surface area contributed by atoms with Crippen LogP contribution in [0, 0.1) is 0 Å². The summed E-state index contributed by atoms with van der Waals surface area (Å²) >= 11 is 1.61. The fraction of sp³-hybridized carbons (Fsp3) is 0.538. The minimum Gasteiger partial charge on any atom is -0.310 e. The van der Waals surface area contributed by atoms with Crippen LogP contribution in [-0.4, -0.2) is 33.0 Å². The van der Waals surface area contributed by atoms with Crippen molar-refractivity contribution in [1.82, 2.24) is 10.0 Å². The van der Waals surface area contributed by atoms with E-state index in [2.05, 4.69) is 23.9 Å². The lowest BCUT2D eigenvalue weighted by atomic mass is 10.2. The van der Waals surface area contributed by atoms with E-state index in [4.69, 9.17) is 0 Å². The number of hydrogen-bond donors (Lipinski definition) is 2. The summed E-state index contributed by atoms with van der Waals surface area (Å²) in [5, 5.41) is 3.29. The van der Waals surface area contributed by atoms with E-state index in [1.54, 1.807) is 23.9 Å². The second-order valence-corrected chi connectivity index (χ2v) is 7.32. The molecular formula is C13H22N2O2S2. The molecule has 108 valence electrons. The SMILES string of the molecule is CSCCNS(=O)(=O)c1ccc(CNC(C)C)cc1.